The highest BCUT2D eigenvalue weighted by atomic mass is 19.4. The first-order chi connectivity index (χ1) is 12.0. The van der Waals surface area contributed by atoms with E-state index in [9.17, 15) is 31.1 Å². The predicted octanol–water partition coefficient (Wildman–Crippen LogP) is 3.48. The molecule has 1 fully saturated rings. The molecule has 2 rings (SSSR count). The van der Waals surface area contributed by atoms with Gasteiger partial charge in [-0.15, -0.1) is 13.2 Å². The summed E-state index contributed by atoms with van der Waals surface area (Å²) in [5.41, 5.74) is 0.160. The Hall–Kier alpha value is -1.97. The molecular formula is C16H18F6N2O2. The molecule has 146 valence electrons. The number of carbonyl (C=O) groups excluding carboxylic acids is 1. The van der Waals surface area contributed by atoms with Crippen LogP contribution in [0.2, 0.25) is 0 Å². The van der Waals surface area contributed by atoms with Crippen LogP contribution in [0.15, 0.2) is 24.3 Å². The molecule has 1 aliphatic heterocycles. The number of likely N-dealkylation sites (tertiary alicyclic amines) is 1. The van der Waals surface area contributed by atoms with Gasteiger partial charge in [-0.2, -0.15) is 13.2 Å². The Balaban J connectivity index is 1.85. The number of carbonyl (C=O) groups is 1. The molecule has 1 saturated heterocycles. The first-order valence-corrected chi connectivity index (χ1v) is 7.94. The van der Waals surface area contributed by atoms with E-state index >= 15 is 0 Å². The Bertz CT molecular complexity index is 609. The summed E-state index contributed by atoms with van der Waals surface area (Å²) in [4.78, 5) is 13.4. The highest BCUT2D eigenvalue weighted by Crippen LogP contribution is 2.27. The number of hydrogen-bond donors (Lipinski definition) is 1. The van der Waals surface area contributed by atoms with Crippen molar-refractivity contribution in [2.24, 2.45) is 5.92 Å². The van der Waals surface area contributed by atoms with Gasteiger partial charge in [0, 0.05) is 18.0 Å². The van der Waals surface area contributed by atoms with Crippen LogP contribution in [0.1, 0.15) is 18.4 Å². The van der Waals surface area contributed by atoms with E-state index in [-0.39, 0.29) is 38.0 Å². The number of para-hydroxylation sites is 1. The molecule has 26 heavy (non-hydrogen) atoms. The Morgan fingerprint density at radius 2 is 1.73 bits per heavy atom. The van der Waals surface area contributed by atoms with E-state index in [1.165, 1.54) is 23.1 Å². The first kappa shape index (κ1) is 20.3. The lowest BCUT2D eigenvalue weighted by atomic mass is 9.96. The van der Waals surface area contributed by atoms with Gasteiger partial charge in [-0.25, -0.2) is 0 Å². The number of benzene rings is 1. The maximum absolute atomic E-state index is 12.4. The second-order valence-electron chi connectivity index (χ2n) is 6.04. The molecule has 0 radical (unpaired) electrons. The van der Waals surface area contributed by atoms with Gasteiger partial charge in [-0.3, -0.25) is 9.69 Å². The van der Waals surface area contributed by atoms with Crippen LogP contribution in [0, 0.1) is 5.92 Å². The minimum atomic E-state index is -4.84. The van der Waals surface area contributed by atoms with Crippen molar-refractivity contribution in [3.63, 3.8) is 0 Å². The number of nitrogens with zero attached hydrogens (tertiary/aromatic N) is 1. The fourth-order valence-corrected chi connectivity index (χ4v) is 2.81. The molecule has 0 aliphatic carbocycles. The number of nitrogens with one attached hydrogen (secondary N) is 1. The Morgan fingerprint density at radius 3 is 2.31 bits per heavy atom. The number of rotatable bonds is 5. The predicted molar refractivity (Wildman–Crippen MR) is 80.2 cm³/mol. The molecule has 0 bridgehead atoms. The SMILES string of the molecule is O=C(NCc1ccccc1OC(F)(F)F)C1CCN(CC(F)(F)F)CC1. The van der Waals surface area contributed by atoms with Crippen molar-refractivity contribution in [2.75, 3.05) is 19.6 Å². The third-order valence-corrected chi connectivity index (χ3v) is 4.01. The molecule has 1 amide bonds. The molecule has 1 aromatic rings. The number of amides is 1. The maximum Gasteiger partial charge on any atom is 0.573 e. The van der Waals surface area contributed by atoms with Gasteiger partial charge in [0.15, 0.2) is 0 Å². The zero-order chi connectivity index (χ0) is 19.4. The van der Waals surface area contributed by atoms with Crippen LogP contribution in [-0.2, 0) is 11.3 Å². The summed E-state index contributed by atoms with van der Waals surface area (Å²) >= 11 is 0. The number of piperidine rings is 1. The lowest BCUT2D eigenvalue weighted by molar-refractivity contribution is -0.274. The summed E-state index contributed by atoms with van der Waals surface area (Å²) in [6.07, 6.45) is -8.59. The van der Waals surface area contributed by atoms with Crippen molar-refractivity contribution in [3.8, 4) is 5.75 Å². The van der Waals surface area contributed by atoms with Crippen LogP contribution in [0.5, 0.6) is 5.75 Å². The Kier molecular flexibility index (Phi) is 6.38. The van der Waals surface area contributed by atoms with Gasteiger partial charge in [0.05, 0.1) is 6.54 Å². The fraction of sp³-hybridized carbons (Fsp3) is 0.562. The third-order valence-electron chi connectivity index (χ3n) is 4.01. The Morgan fingerprint density at radius 1 is 1.12 bits per heavy atom. The Labute approximate surface area is 146 Å². The second-order valence-corrected chi connectivity index (χ2v) is 6.04. The van der Waals surface area contributed by atoms with E-state index < -0.39 is 36.7 Å². The van der Waals surface area contributed by atoms with Crippen LogP contribution in [0.25, 0.3) is 0 Å². The quantitative estimate of drug-likeness (QED) is 0.791. The van der Waals surface area contributed by atoms with Gasteiger partial charge in [0.25, 0.3) is 0 Å². The van der Waals surface area contributed by atoms with Crippen molar-refractivity contribution < 1.29 is 35.9 Å². The van der Waals surface area contributed by atoms with Gasteiger partial charge in [-0.1, -0.05) is 18.2 Å². The van der Waals surface area contributed by atoms with Gasteiger partial charge in [-0.05, 0) is 32.0 Å². The molecule has 0 aromatic heterocycles. The van der Waals surface area contributed by atoms with Gasteiger partial charge in [0.2, 0.25) is 5.91 Å². The summed E-state index contributed by atoms with van der Waals surface area (Å²) in [7, 11) is 0. The van der Waals surface area contributed by atoms with Crippen molar-refractivity contribution in [1.29, 1.82) is 0 Å². The van der Waals surface area contributed by atoms with Crippen molar-refractivity contribution in [2.45, 2.75) is 31.9 Å². The minimum absolute atomic E-state index is 0.144. The zero-order valence-corrected chi connectivity index (χ0v) is 13.7. The van der Waals surface area contributed by atoms with Gasteiger partial charge < -0.3 is 10.1 Å². The third kappa shape index (κ3) is 6.74. The molecular weight excluding hydrogens is 366 g/mol. The minimum Gasteiger partial charge on any atom is -0.405 e. The molecule has 1 heterocycles. The molecule has 0 unspecified atom stereocenters. The maximum atomic E-state index is 12.4. The molecule has 0 spiro atoms. The lowest BCUT2D eigenvalue weighted by Crippen LogP contribution is -2.43. The molecule has 10 heteroatoms. The summed E-state index contributed by atoms with van der Waals surface area (Å²) in [6.45, 7) is -0.881. The molecule has 0 saturated carbocycles. The molecule has 4 nitrogen and oxygen atoms in total. The summed E-state index contributed by atoms with van der Waals surface area (Å²) in [6, 6.07) is 5.43. The van der Waals surface area contributed by atoms with Crippen LogP contribution >= 0.6 is 0 Å². The van der Waals surface area contributed by atoms with Crippen molar-refractivity contribution in [1.82, 2.24) is 10.2 Å². The summed E-state index contributed by atoms with van der Waals surface area (Å²) < 4.78 is 78.1. The average Bonchev–Trinajstić information content (AvgIpc) is 2.51. The van der Waals surface area contributed by atoms with E-state index in [0.29, 0.717) is 0 Å². The second kappa shape index (κ2) is 8.15. The fourth-order valence-electron chi connectivity index (χ4n) is 2.81. The van der Waals surface area contributed by atoms with E-state index in [1.54, 1.807) is 0 Å². The molecule has 0 atom stereocenters. The van der Waals surface area contributed by atoms with Crippen LogP contribution in [-0.4, -0.2) is 43.0 Å². The number of alkyl halides is 6. The van der Waals surface area contributed by atoms with Gasteiger partial charge in [0.1, 0.15) is 5.75 Å². The van der Waals surface area contributed by atoms with E-state index in [2.05, 4.69) is 10.1 Å². The lowest BCUT2D eigenvalue weighted by Gasteiger charge is -2.31. The van der Waals surface area contributed by atoms with Crippen molar-refractivity contribution in [3.05, 3.63) is 29.8 Å². The summed E-state index contributed by atoms with van der Waals surface area (Å²) in [5.74, 6) is -1.26. The highest BCUT2D eigenvalue weighted by molar-refractivity contribution is 5.78. The van der Waals surface area contributed by atoms with Crippen LogP contribution in [0.4, 0.5) is 26.3 Å². The van der Waals surface area contributed by atoms with Crippen LogP contribution < -0.4 is 10.1 Å². The molecule has 1 aromatic carbocycles. The summed E-state index contributed by atoms with van der Waals surface area (Å²) in [5, 5.41) is 2.53. The monoisotopic (exact) mass is 384 g/mol. The largest absolute Gasteiger partial charge is 0.573 e. The highest BCUT2D eigenvalue weighted by Gasteiger charge is 2.34. The van der Waals surface area contributed by atoms with Gasteiger partial charge >= 0.3 is 12.5 Å². The van der Waals surface area contributed by atoms with E-state index in [0.717, 1.165) is 6.07 Å². The standard InChI is InChI=1S/C16H18F6N2O2/c17-15(18,19)10-24-7-5-11(6-8-24)14(25)23-9-12-3-1-2-4-13(12)26-16(20,21)22/h1-4,11H,5-10H2,(H,23,25). The van der Waals surface area contributed by atoms with Crippen LogP contribution in [0.3, 0.4) is 0 Å². The van der Waals surface area contributed by atoms with Crippen molar-refractivity contribution >= 4 is 5.91 Å². The molecule has 1 N–H and O–H groups in total. The normalized spacial score (nSPS) is 17.2. The number of hydrogen-bond acceptors (Lipinski definition) is 3. The first-order valence-electron chi connectivity index (χ1n) is 7.94. The topological polar surface area (TPSA) is 41.6 Å². The van der Waals surface area contributed by atoms with E-state index in [1.807, 2.05) is 0 Å². The number of halogens is 6. The molecule has 1 aliphatic rings. The smallest absolute Gasteiger partial charge is 0.405 e. The average molecular weight is 384 g/mol. The number of ether oxygens (including phenoxy) is 1. The van der Waals surface area contributed by atoms with E-state index in [4.69, 9.17) is 0 Å². The zero-order valence-electron chi connectivity index (χ0n) is 13.7.